The molecule has 2 aromatic rings. The molecule has 25 heavy (non-hydrogen) atoms. The van der Waals surface area contributed by atoms with Gasteiger partial charge in [-0.05, 0) is 29.3 Å². The van der Waals surface area contributed by atoms with E-state index in [0.717, 1.165) is 17.7 Å². The van der Waals surface area contributed by atoms with Gasteiger partial charge < -0.3 is 5.21 Å². The van der Waals surface area contributed by atoms with Crippen molar-refractivity contribution >= 4 is 16.9 Å². The Bertz CT molecular complexity index is 931. The van der Waals surface area contributed by atoms with E-state index in [-0.39, 0.29) is 11.3 Å². The smallest absolute Gasteiger partial charge is 0.410 e. The molecule has 1 N–H and O–H groups in total. The van der Waals surface area contributed by atoms with Crippen molar-refractivity contribution in [2.45, 2.75) is 6.18 Å². The highest BCUT2D eigenvalue weighted by Gasteiger charge is 2.31. The second-order valence-electron chi connectivity index (χ2n) is 5.35. The molecule has 0 bridgehead atoms. The van der Waals surface area contributed by atoms with Crippen LogP contribution in [-0.4, -0.2) is 10.9 Å². The highest BCUT2D eigenvalue weighted by Crippen LogP contribution is 2.37. The number of hydrogen-bond donors (Lipinski definition) is 1. The third kappa shape index (κ3) is 3.04. The molecule has 3 nitrogen and oxygen atoms in total. The SMILES string of the molecule is N#CC1=C(c2ccc(C(F)(F)F)cc2)C=C(c2ccccc2)/C1=N/O. The van der Waals surface area contributed by atoms with Crippen molar-refractivity contribution in [3.8, 4) is 6.07 Å². The average Bonchev–Trinajstić information content (AvgIpc) is 3.00. The Balaban J connectivity index is 2.10. The van der Waals surface area contributed by atoms with Gasteiger partial charge in [-0.3, -0.25) is 0 Å². The van der Waals surface area contributed by atoms with Crippen LogP contribution in [0.5, 0.6) is 0 Å². The van der Waals surface area contributed by atoms with Crippen LogP contribution in [0.15, 0.2) is 71.4 Å². The first-order chi connectivity index (χ1) is 12.0. The first-order valence-corrected chi connectivity index (χ1v) is 7.27. The molecule has 0 saturated carbocycles. The van der Waals surface area contributed by atoms with Gasteiger partial charge in [-0.2, -0.15) is 18.4 Å². The van der Waals surface area contributed by atoms with Crippen LogP contribution in [0.2, 0.25) is 0 Å². The number of nitriles is 1. The van der Waals surface area contributed by atoms with E-state index < -0.39 is 11.7 Å². The number of allylic oxidation sites excluding steroid dienone is 4. The van der Waals surface area contributed by atoms with Crippen molar-refractivity contribution in [1.29, 1.82) is 5.26 Å². The lowest BCUT2D eigenvalue weighted by Crippen LogP contribution is -2.04. The van der Waals surface area contributed by atoms with Gasteiger partial charge in [0.15, 0.2) is 0 Å². The van der Waals surface area contributed by atoms with Crippen LogP contribution in [0, 0.1) is 11.3 Å². The maximum Gasteiger partial charge on any atom is 0.416 e. The maximum atomic E-state index is 12.7. The second kappa shape index (κ2) is 6.29. The summed E-state index contributed by atoms with van der Waals surface area (Å²) in [5.41, 5.74) is 1.58. The van der Waals surface area contributed by atoms with Crippen LogP contribution in [0.3, 0.4) is 0 Å². The van der Waals surface area contributed by atoms with E-state index in [4.69, 9.17) is 0 Å². The summed E-state index contributed by atoms with van der Waals surface area (Å²) in [5.74, 6) is 0. The summed E-state index contributed by atoms with van der Waals surface area (Å²) in [7, 11) is 0. The number of oxime groups is 1. The summed E-state index contributed by atoms with van der Waals surface area (Å²) in [6, 6.07) is 15.5. The van der Waals surface area contributed by atoms with Gasteiger partial charge in [0.05, 0.1) is 11.1 Å². The first kappa shape index (κ1) is 16.5. The standard InChI is InChI=1S/C19H11F3N2O/c20-19(21,22)14-8-6-13(7-9-14)15-10-16(12-4-2-1-3-5-12)18(24-25)17(15)11-23/h1-10,25H/b24-18-. The predicted molar refractivity (Wildman–Crippen MR) is 87.6 cm³/mol. The molecule has 0 fully saturated rings. The second-order valence-corrected chi connectivity index (χ2v) is 5.35. The molecule has 1 aliphatic rings. The monoisotopic (exact) mass is 340 g/mol. The molecule has 0 saturated heterocycles. The zero-order valence-corrected chi connectivity index (χ0v) is 12.7. The topological polar surface area (TPSA) is 56.4 Å². The van der Waals surface area contributed by atoms with Crippen LogP contribution >= 0.6 is 0 Å². The van der Waals surface area contributed by atoms with Gasteiger partial charge in [0.1, 0.15) is 11.8 Å². The van der Waals surface area contributed by atoms with E-state index in [9.17, 15) is 23.6 Å². The summed E-state index contributed by atoms with van der Waals surface area (Å²) in [5, 5.41) is 22.0. The van der Waals surface area contributed by atoms with E-state index in [1.807, 2.05) is 12.1 Å². The molecule has 0 unspecified atom stereocenters. The summed E-state index contributed by atoms with van der Waals surface area (Å²) >= 11 is 0. The van der Waals surface area contributed by atoms with Crippen molar-refractivity contribution in [3.63, 3.8) is 0 Å². The van der Waals surface area contributed by atoms with Crippen molar-refractivity contribution in [1.82, 2.24) is 0 Å². The zero-order valence-electron chi connectivity index (χ0n) is 12.7. The molecular weight excluding hydrogens is 329 g/mol. The number of alkyl halides is 3. The summed E-state index contributed by atoms with van der Waals surface area (Å²) in [4.78, 5) is 0. The maximum absolute atomic E-state index is 12.7. The molecule has 0 aromatic heterocycles. The van der Waals surface area contributed by atoms with E-state index >= 15 is 0 Å². The number of benzene rings is 2. The van der Waals surface area contributed by atoms with Crippen molar-refractivity contribution in [3.05, 3.63) is 82.9 Å². The minimum Gasteiger partial charge on any atom is -0.410 e. The molecular formula is C19H11F3N2O. The lowest BCUT2D eigenvalue weighted by molar-refractivity contribution is -0.137. The molecule has 0 aliphatic heterocycles. The molecule has 1 aliphatic carbocycles. The highest BCUT2D eigenvalue weighted by molar-refractivity contribution is 6.40. The molecule has 0 heterocycles. The highest BCUT2D eigenvalue weighted by atomic mass is 19.4. The van der Waals surface area contributed by atoms with E-state index in [1.54, 1.807) is 30.3 Å². The molecule has 124 valence electrons. The van der Waals surface area contributed by atoms with Gasteiger partial charge in [0.2, 0.25) is 0 Å². The van der Waals surface area contributed by atoms with Crippen LogP contribution in [-0.2, 0) is 6.18 Å². The Morgan fingerprint density at radius 3 is 2.08 bits per heavy atom. The number of hydrogen-bond acceptors (Lipinski definition) is 3. The summed E-state index contributed by atoms with van der Waals surface area (Å²) in [6.07, 6.45) is -2.78. The minimum atomic E-state index is -4.43. The largest absolute Gasteiger partial charge is 0.416 e. The third-order valence-electron chi connectivity index (χ3n) is 3.87. The Hall–Kier alpha value is -3.33. The number of halogens is 3. The molecule has 0 radical (unpaired) electrons. The number of rotatable bonds is 2. The molecule has 0 atom stereocenters. The fraction of sp³-hybridized carbons (Fsp3) is 0.0526. The normalized spacial score (nSPS) is 16.1. The minimum absolute atomic E-state index is 0.101. The van der Waals surface area contributed by atoms with Crippen LogP contribution in [0.4, 0.5) is 13.2 Å². The van der Waals surface area contributed by atoms with Gasteiger partial charge in [-0.1, -0.05) is 47.6 Å². The van der Waals surface area contributed by atoms with Gasteiger partial charge in [-0.25, -0.2) is 0 Å². The molecule has 6 heteroatoms. The molecule has 0 spiro atoms. The number of nitrogens with zero attached hydrogens (tertiary/aromatic N) is 2. The van der Waals surface area contributed by atoms with E-state index in [0.29, 0.717) is 16.7 Å². The van der Waals surface area contributed by atoms with Gasteiger partial charge in [0, 0.05) is 11.1 Å². The molecule has 0 amide bonds. The van der Waals surface area contributed by atoms with Crippen molar-refractivity contribution < 1.29 is 18.4 Å². The average molecular weight is 340 g/mol. The van der Waals surface area contributed by atoms with Crippen LogP contribution in [0.25, 0.3) is 11.1 Å². The van der Waals surface area contributed by atoms with Crippen LogP contribution < -0.4 is 0 Å². The predicted octanol–water partition coefficient (Wildman–Crippen LogP) is 4.91. The van der Waals surface area contributed by atoms with Gasteiger partial charge in [0.25, 0.3) is 0 Å². The lowest BCUT2D eigenvalue weighted by Gasteiger charge is -2.07. The fourth-order valence-corrected chi connectivity index (χ4v) is 2.67. The fourth-order valence-electron chi connectivity index (χ4n) is 2.67. The Morgan fingerprint density at radius 1 is 0.920 bits per heavy atom. The summed E-state index contributed by atoms with van der Waals surface area (Å²) < 4.78 is 38.1. The van der Waals surface area contributed by atoms with Gasteiger partial charge >= 0.3 is 6.18 Å². The zero-order chi connectivity index (χ0) is 18.0. The lowest BCUT2D eigenvalue weighted by atomic mass is 10.0. The third-order valence-corrected chi connectivity index (χ3v) is 3.87. The Labute approximate surface area is 141 Å². The molecule has 2 aromatic carbocycles. The Kier molecular flexibility index (Phi) is 4.15. The van der Waals surface area contributed by atoms with Crippen LogP contribution in [0.1, 0.15) is 16.7 Å². The quantitative estimate of drug-likeness (QED) is 0.624. The molecule has 3 rings (SSSR count). The van der Waals surface area contributed by atoms with E-state index in [2.05, 4.69) is 5.16 Å². The van der Waals surface area contributed by atoms with Crippen molar-refractivity contribution in [2.24, 2.45) is 5.16 Å². The summed E-state index contributed by atoms with van der Waals surface area (Å²) in [6.45, 7) is 0. The Morgan fingerprint density at radius 2 is 1.56 bits per heavy atom. The first-order valence-electron chi connectivity index (χ1n) is 7.27. The van der Waals surface area contributed by atoms with E-state index in [1.165, 1.54) is 12.1 Å². The van der Waals surface area contributed by atoms with Crippen molar-refractivity contribution in [2.75, 3.05) is 0 Å². The van der Waals surface area contributed by atoms with Gasteiger partial charge in [-0.15, -0.1) is 0 Å².